The second kappa shape index (κ2) is 8.70. The zero-order valence-corrected chi connectivity index (χ0v) is 17.9. The van der Waals surface area contributed by atoms with Gasteiger partial charge in [-0.3, -0.25) is 4.79 Å². The van der Waals surface area contributed by atoms with Crippen LogP contribution >= 0.6 is 11.6 Å². The molecule has 0 amide bonds. The highest BCUT2D eigenvalue weighted by molar-refractivity contribution is 7.88. The molecule has 1 aromatic heterocycles. The Balaban J connectivity index is 1.75. The SMILES string of the molecule is COc1cc(Cl)c(F)cc1C(=O)c1cnc(NC2CCN(S(C)(=O)=O)CC2)nc1N. The van der Waals surface area contributed by atoms with E-state index in [1.54, 1.807) is 0 Å². The minimum Gasteiger partial charge on any atom is -0.496 e. The monoisotopic (exact) mass is 457 g/mol. The summed E-state index contributed by atoms with van der Waals surface area (Å²) in [5.74, 6) is -1.13. The predicted octanol–water partition coefficient (Wildman–Crippen LogP) is 1.93. The van der Waals surface area contributed by atoms with E-state index >= 15 is 0 Å². The smallest absolute Gasteiger partial charge is 0.224 e. The molecular formula is C18H21ClFN5O4S. The van der Waals surface area contributed by atoms with Gasteiger partial charge in [-0.05, 0) is 18.9 Å². The molecule has 1 aliphatic heterocycles. The Morgan fingerprint density at radius 3 is 2.57 bits per heavy atom. The molecule has 0 radical (unpaired) electrons. The number of ether oxygens (including phenoxy) is 1. The van der Waals surface area contributed by atoms with Gasteiger partial charge in [0.1, 0.15) is 17.4 Å². The molecule has 1 aliphatic rings. The predicted molar refractivity (Wildman–Crippen MR) is 111 cm³/mol. The summed E-state index contributed by atoms with van der Waals surface area (Å²) in [5, 5.41) is 2.93. The van der Waals surface area contributed by atoms with Gasteiger partial charge in [-0.25, -0.2) is 22.1 Å². The molecule has 1 fully saturated rings. The molecule has 0 unspecified atom stereocenters. The van der Waals surface area contributed by atoms with Crippen molar-refractivity contribution in [1.29, 1.82) is 0 Å². The zero-order chi connectivity index (χ0) is 22.1. The number of piperidine rings is 1. The number of ketones is 1. The molecule has 0 saturated carbocycles. The average Bonchev–Trinajstić information content (AvgIpc) is 2.69. The zero-order valence-electron chi connectivity index (χ0n) is 16.4. The van der Waals surface area contributed by atoms with Crippen LogP contribution in [0.4, 0.5) is 16.2 Å². The molecule has 30 heavy (non-hydrogen) atoms. The lowest BCUT2D eigenvalue weighted by Crippen LogP contribution is -2.42. The first-order chi connectivity index (χ1) is 14.1. The van der Waals surface area contributed by atoms with Crippen molar-refractivity contribution in [3.8, 4) is 5.75 Å². The molecule has 2 heterocycles. The number of carbonyl (C=O) groups excluding carboxylic acids is 1. The van der Waals surface area contributed by atoms with Crippen molar-refractivity contribution in [2.75, 3.05) is 37.5 Å². The Morgan fingerprint density at radius 1 is 1.33 bits per heavy atom. The molecular weight excluding hydrogens is 437 g/mol. The van der Waals surface area contributed by atoms with Crippen LogP contribution in [-0.2, 0) is 10.0 Å². The second-order valence-electron chi connectivity index (χ2n) is 6.87. The van der Waals surface area contributed by atoms with E-state index in [0.717, 1.165) is 6.07 Å². The molecule has 12 heteroatoms. The molecule has 0 spiro atoms. The number of halogens is 2. The lowest BCUT2D eigenvalue weighted by atomic mass is 10.0. The van der Waals surface area contributed by atoms with Crippen LogP contribution in [0.3, 0.4) is 0 Å². The third-order valence-corrected chi connectivity index (χ3v) is 6.40. The van der Waals surface area contributed by atoms with Crippen molar-refractivity contribution in [3.05, 3.63) is 40.3 Å². The second-order valence-corrected chi connectivity index (χ2v) is 9.26. The van der Waals surface area contributed by atoms with Gasteiger partial charge in [-0.15, -0.1) is 0 Å². The molecule has 3 N–H and O–H groups in total. The van der Waals surface area contributed by atoms with E-state index in [-0.39, 0.29) is 39.7 Å². The van der Waals surface area contributed by atoms with E-state index in [4.69, 9.17) is 22.1 Å². The maximum absolute atomic E-state index is 13.8. The number of hydrogen-bond donors (Lipinski definition) is 2. The van der Waals surface area contributed by atoms with Gasteiger partial charge in [0, 0.05) is 31.4 Å². The molecule has 1 aromatic carbocycles. The number of nitrogen functional groups attached to an aromatic ring is 1. The summed E-state index contributed by atoms with van der Waals surface area (Å²) in [6.07, 6.45) is 3.60. The summed E-state index contributed by atoms with van der Waals surface area (Å²) in [6.45, 7) is 0.787. The van der Waals surface area contributed by atoms with E-state index in [9.17, 15) is 17.6 Å². The number of carbonyl (C=O) groups is 1. The van der Waals surface area contributed by atoms with Crippen molar-refractivity contribution in [2.45, 2.75) is 18.9 Å². The number of aromatic nitrogens is 2. The molecule has 2 aromatic rings. The summed E-state index contributed by atoms with van der Waals surface area (Å²) in [6, 6.07) is 2.15. The van der Waals surface area contributed by atoms with Crippen molar-refractivity contribution < 1.29 is 22.3 Å². The maximum atomic E-state index is 13.8. The van der Waals surface area contributed by atoms with Crippen LogP contribution in [0.15, 0.2) is 18.3 Å². The maximum Gasteiger partial charge on any atom is 0.224 e. The number of sulfonamides is 1. The van der Waals surface area contributed by atoms with Crippen LogP contribution in [0.25, 0.3) is 0 Å². The molecule has 9 nitrogen and oxygen atoms in total. The van der Waals surface area contributed by atoms with Crippen molar-refractivity contribution in [1.82, 2.24) is 14.3 Å². The van der Waals surface area contributed by atoms with Gasteiger partial charge in [0.25, 0.3) is 0 Å². The summed E-state index contributed by atoms with van der Waals surface area (Å²) in [5.41, 5.74) is 5.88. The minimum absolute atomic E-state index is 0.00697. The summed E-state index contributed by atoms with van der Waals surface area (Å²) in [7, 11) is -1.87. The van der Waals surface area contributed by atoms with E-state index in [2.05, 4.69) is 15.3 Å². The van der Waals surface area contributed by atoms with Crippen LogP contribution in [0.2, 0.25) is 5.02 Å². The number of anilines is 2. The highest BCUT2D eigenvalue weighted by Crippen LogP contribution is 2.29. The molecule has 0 bridgehead atoms. The van der Waals surface area contributed by atoms with E-state index < -0.39 is 21.6 Å². The number of nitrogens with zero attached hydrogens (tertiary/aromatic N) is 3. The Kier molecular flexibility index (Phi) is 6.44. The molecule has 162 valence electrons. The third-order valence-electron chi connectivity index (χ3n) is 4.81. The van der Waals surface area contributed by atoms with Crippen molar-refractivity contribution >= 4 is 39.2 Å². The molecule has 0 atom stereocenters. The first-order valence-corrected chi connectivity index (χ1v) is 11.2. The number of benzene rings is 1. The van der Waals surface area contributed by atoms with Crippen molar-refractivity contribution in [3.63, 3.8) is 0 Å². The number of hydrogen-bond acceptors (Lipinski definition) is 8. The van der Waals surface area contributed by atoms with Crippen LogP contribution in [0, 0.1) is 5.82 Å². The quantitative estimate of drug-likeness (QED) is 0.630. The molecule has 3 rings (SSSR count). The van der Waals surface area contributed by atoms with E-state index in [1.165, 1.54) is 29.9 Å². The highest BCUT2D eigenvalue weighted by Gasteiger charge is 2.26. The first kappa shape index (κ1) is 22.2. The summed E-state index contributed by atoms with van der Waals surface area (Å²) in [4.78, 5) is 21.1. The standard InChI is InChI=1S/C18H21ClFN5O4S/c1-29-15-8-13(19)14(20)7-11(15)16(26)12-9-22-18(24-17(12)21)23-10-3-5-25(6-4-10)30(2,27)28/h7-10H,3-6H2,1-2H3,(H3,21,22,23,24). The topological polar surface area (TPSA) is 128 Å². The fourth-order valence-electron chi connectivity index (χ4n) is 3.17. The summed E-state index contributed by atoms with van der Waals surface area (Å²) < 4.78 is 43.6. The Labute approximate surface area is 178 Å². The van der Waals surface area contributed by atoms with Gasteiger partial charge < -0.3 is 15.8 Å². The Bertz CT molecular complexity index is 1070. The third kappa shape index (κ3) is 4.79. The van der Waals surface area contributed by atoms with Gasteiger partial charge in [-0.2, -0.15) is 4.98 Å². The first-order valence-electron chi connectivity index (χ1n) is 9.02. The average molecular weight is 458 g/mol. The van der Waals surface area contributed by atoms with Gasteiger partial charge in [0.05, 0.1) is 29.5 Å². The van der Waals surface area contributed by atoms with Gasteiger partial charge in [-0.1, -0.05) is 11.6 Å². The van der Waals surface area contributed by atoms with E-state index in [0.29, 0.717) is 25.9 Å². The highest BCUT2D eigenvalue weighted by atomic mass is 35.5. The summed E-state index contributed by atoms with van der Waals surface area (Å²) >= 11 is 5.73. The largest absolute Gasteiger partial charge is 0.496 e. The normalized spacial score (nSPS) is 15.7. The van der Waals surface area contributed by atoms with Gasteiger partial charge >= 0.3 is 0 Å². The number of methoxy groups -OCH3 is 1. The van der Waals surface area contributed by atoms with Crippen molar-refractivity contribution in [2.24, 2.45) is 0 Å². The minimum atomic E-state index is -3.21. The number of nitrogens with two attached hydrogens (primary N) is 1. The lowest BCUT2D eigenvalue weighted by molar-refractivity contribution is 0.103. The Hall–Kier alpha value is -2.50. The fourth-order valence-corrected chi connectivity index (χ4v) is 4.20. The van der Waals surface area contributed by atoms with Crippen LogP contribution < -0.4 is 15.8 Å². The van der Waals surface area contributed by atoms with Gasteiger partial charge in [0.2, 0.25) is 21.8 Å². The van der Waals surface area contributed by atoms with Crippen LogP contribution in [0.1, 0.15) is 28.8 Å². The van der Waals surface area contributed by atoms with Crippen LogP contribution in [-0.4, -0.2) is 61.0 Å². The number of nitrogens with one attached hydrogen (secondary N) is 1. The van der Waals surface area contributed by atoms with Gasteiger partial charge in [0.15, 0.2) is 0 Å². The Morgan fingerprint density at radius 2 is 2.00 bits per heavy atom. The number of rotatable bonds is 6. The fraction of sp³-hybridized carbons (Fsp3) is 0.389. The van der Waals surface area contributed by atoms with E-state index in [1.807, 2.05) is 0 Å². The molecule has 0 aliphatic carbocycles. The lowest BCUT2D eigenvalue weighted by Gasteiger charge is -2.30. The van der Waals surface area contributed by atoms with Crippen LogP contribution in [0.5, 0.6) is 5.75 Å². The molecule has 1 saturated heterocycles.